The lowest BCUT2D eigenvalue weighted by Crippen LogP contribution is -2.55. The van der Waals surface area contributed by atoms with Crippen LogP contribution in [0.1, 0.15) is 32.3 Å². The van der Waals surface area contributed by atoms with Crippen molar-refractivity contribution in [3.05, 3.63) is 29.8 Å². The number of hydrogen-bond donors (Lipinski definition) is 1. The Bertz CT molecular complexity index is 691. The summed E-state index contributed by atoms with van der Waals surface area (Å²) in [6.45, 7) is 9.58. The van der Waals surface area contributed by atoms with Crippen molar-refractivity contribution in [3.63, 3.8) is 0 Å². The number of piperazine rings is 1. The predicted octanol–water partition coefficient (Wildman–Crippen LogP) is 2.16. The Balaban J connectivity index is 1.39. The summed E-state index contributed by atoms with van der Waals surface area (Å²) >= 11 is 0. The molecule has 2 aliphatic heterocycles. The summed E-state index contributed by atoms with van der Waals surface area (Å²) in [6.07, 6.45) is 2.53. The molecule has 1 atom stereocenters. The maximum absolute atomic E-state index is 12.5. The molecule has 30 heavy (non-hydrogen) atoms. The van der Waals surface area contributed by atoms with Crippen molar-refractivity contribution in [2.45, 2.75) is 39.2 Å². The van der Waals surface area contributed by atoms with Crippen molar-refractivity contribution < 1.29 is 14.3 Å². The molecule has 1 amide bonds. The smallest absolute Gasteiger partial charge is 0.251 e. The molecule has 3 rings (SSSR count). The van der Waals surface area contributed by atoms with E-state index in [1.54, 1.807) is 0 Å². The molecule has 2 saturated heterocycles. The number of guanidine groups is 1. The van der Waals surface area contributed by atoms with Gasteiger partial charge in [-0.3, -0.25) is 9.79 Å². The van der Waals surface area contributed by atoms with Crippen LogP contribution in [0.5, 0.6) is 5.75 Å². The standard InChI is InChI=1S/C23H36N4O3/c1-18(2)17-30-20-8-6-19(7-9-20)10-11-25-23(24-3)27-14-12-26(13-15-27)22(28)21-5-4-16-29-21/h6-9,18,21H,4-5,10-17H2,1-3H3,(H,24,25). The van der Waals surface area contributed by atoms with Crippen LogP contribution in [0.25, 0.3) is 0 Å². The molecule has 1 aromatic rings. The topological polar surface area (TPSA) is 66.4 Å². The second kappa shape index (κ2) is 11.2. The first kappa shape index (κ1) is 22.4. The average Bonchev–Trinajstić information content (AvgIpc) is 3.31. The van der Waals surface area contributed by atoms with Crippen LogP contribution in [-0.2, 0) is 16.0 Å². The van der Waals surface area contributed by atoms with E-state index in [1.807, 2.05) is 24.1 Å². The van der Waals surface area contributed by atoms with Crippen LogP contribution in [0, 0.1) is 5.92 Å². The maximum Gasteiger partial charge on any atom is 0.251 e. The molecule has 166 valence electrons. The highest BCUT2D eigenvalue weighted by molar-refractivity contribution is 5.82. The Hall–Kier alpha value is -2.28. The number of nitrogens with zero attached hydrogens (tertiary/aromatic N) is 3. The van der Waals surface area contributed by atoms with E-state index in [9.17, 15) is 4.79 Å². The van der Waals surface area contributed by atoms with Gasteiger partial charge >= 0.3 is 0 Å². The summed E-state index contributed by atoms with van der Waals surface area (Å²) in [5.74, 6) is 2.50. The Kier molecular flexibility index (Phi) is 8.37. The lowest BCUT2D eigenvalue weighted by Gasteiger charge is -2.37. The Morgan fingerprint density at radius 2 is 1.90 bits per heavy atom. The number of rotatable bonds is 7. The Labute approximate surface area is 180 Å². The van der Waals surface area contributed by atoms with Crippen LogP contribution < -0.4 is 10.1 Å². The van der Waals surface area contributed by atoms with E-state index in [4.69, 9.17) is 9.47 Å². The van der Waals surface area contributed by atoms with Gasteiger partial charge in [0.25, 0.3) is 5.91 Å². The molecule has 0 aromatic heterocycles. The molecule has 0 saturated carbocycles. The van der Waals surface area contributed by atoms with Gasteiger partial charge in [0.2, 0.25) is 0 Å². The molecule has 0 bridgehead atoms. The van der Waals surface area contributed by atoms with Crippen LogP contribution >= 0.6 is 0 Å². The molecule has 0 aliphatic carbocycles. The average molecular weight is 417 g/mol. The summed E-state index contributed by atoms with van der Waals surface area (Å²) in [5, 5.41) is 3.46. The second-order valence-corrected chi connectivity index (χ2v) is 8.39. The molecule has 7 heteroatoms. The van der Waals surface area contributed by atoms with Gasteiger partial charge in [-0.25, -0.2) is 0 Å². The van der Waals surface area contributed by atoms with E-state index in [0.717, 1.165) is 70.3 Å². The highest BCUT2D eigenvalue weighted by Crippen LogP contribution is 2.16. The maximum atomic E-state index is 12.5. The third-order valence-electron chi connectivity index (χ3n) is 5.51. The summed E-state index contributed by atoms with van der Waals surface area (Å²) in [6, 6.07) is 8.32. The lowest BCUT2D eigenvalue weighted by atomic mass is 10.1. The van der Waals surface area contributed by atoms with E-state index in [1.165, 1.54) is 5.56 Å². The Morgan fingerprint density at radius 1 is 1.20 bits per heavy atom. The van der Waals surface area contributed by atoms with Gasteiger partial charge in [0.15, 0.2) is 5.96 Å². The van der Waals surface area contributed by atoms with Crippen LogP contribution in [-0.4, -0.2) is 80.8 Å². The number of amides is 1. The predicted molar refractivity (Wildman–Crippen MR) is 119 cm³/mol. The third kappa shape index (κ3) is 6.36. The minimum Gasteiger partial charge on any atom is -0.493 e. The second-order valence-electron chi connectivity index (χ2n) is 8.39. The van der Waals surface area contributed by atoms with Crippen molar-refractivity contribution in [2.75, 3.05) is 53.0 Å². The third-order valence-corrected chi connectivity index (χ3v) is 5.51. The minimum absolute atomic E-state index is 0.149. The molecular weight excluding hydrogens is 380 g/mol. The largest absolute Gasteiger partial charge is 0.493 e. The molecule has 1 aromatic carbocycles. The number of nitrogens with one attached hydrogen (secondary N) is 1. The van der Waals surface area contributed by atoms with E-state index < -0.39 is 0 Å². The van der Waals surface area contributed by atoms with E-state index in [0.29, 0.717) is 12.5 Å². The molecular formula is C23H36N4O3. The van der Waals surface area contributed by atoms with E-state index in [2.05, 4.69) is 41.2 Å². The van der Waals surface area contributed by atoms with Gasteiger partial charge in [0, 0.05) is 46.4 Å². The zero-order valence-corrected chi connectivity index (χ0v) is 18.6. The fraction of sp³-hybridized carbons (Fsp3) is 0.652. The summed E-state index contributed by atoms with van der Waals surface area (Å²) in [7, 11) is 1.81. The summed E-state index contributed by atoms with van der Waals surface area (Å²) in [4.78, 5) is 21.1. The molecule has 1 unspecified atom stereocenters. The van der Waals surface area contributed by atoms with Gasteiger partial charge in [-0.15, -0.1) is 0 Å². The van der Waals surface area contributed by atoms with Crippen molar-refractivity contribution in [3.8, 4) is 5.75 Å². The quantitative estimate of drug-likeness (QED) is 0.545. The molecule has 0 spiro atoms. The summed E-state index contributed by atoms with van der Waals surface area (Å²) < 4.78 is 11.3. The first-order chi connectivity index (χ1) is 14.6. The van der Waals surface area contributed by atoms with Crippen LogP contribution in [0.4, 0.5) is 0 Å². The zero-order chi connectivity index (χ0) is 21.3. The van der Waals surface area contributed by atoms with Gasteiger partial charge in [-0.1, -0.05) is 26.0 Å². The molecule has 1 N–H and O–H groups in total. The number of carbonyl (C=O) groups is 1. The fourth-order valence-electron chi connectivity index (χ4n) is 3.78. The number of aliphatic imine (C=N–C) groups is 1. The van der Waals surface area contributed by atoms with Crippen LogP contribution in [0.2, 0.25) is 0 Å². The normalized spacial score (nSPS) is 20.0. The Morgan fingerprint density at radius 3 is 2.50 bits per heavy atom. The molecule has 2 aliphatic rings. The molecule has 0 radical (unpaired) electrons. The first-order valence-electron chi connectivity index (χ1n) is 11.1. The SMILES string of the molecule is CN=C(NCCc1ccc(OCC(C)C)cc1)N1CCN(C(=O)C2CCCO2)CC1. The van der Waals surface area contributed by atoms with Crippen molar-refractivity contribution >= 4 is 11.9 Å². The van der Waals surface area contributed by atoms with Gasteiger partial charge in [-0.05, 0) is 42.9 Å². The highest BCUT2D eigenvalue weighted by atomic mass is 16.5. The molecule has 2 heterocycles. The zero-order valence-electron chi connectivity index (χ0n) is 18.6. The van der Waals surface area contributed by atoms with Crippen LogP contribution in [0.3, 0.4) is 0 Å². The minimum atomic E-state index is -0.226. The number of hydrogen-bond acceptors (Lipinski definition) is 4. The highest BCUT2D eigenvalue weighted by Gasteiger charge is 2.30. The van der Waals surface area contributed by atoms with E-state index >= 15 is 0 Å². The molecule has 2 fully saturated rings. The first-order valence-corrected chi connectivity index (χ1v) is 11.1. The van der Waals surface area contributed by atoms with Crippen molar-refractivity contribution in [1.29, 1.82) is 0 Å². The van der Waals surface area contributed by atoms with E-state index in [-0.39, 0.29) is 12.0 Å². The lowest BCUT2D eigenvalue weighted by molar-refractivity contribution is -0.142. The fourth-order valence-corrected chi connectivity index (χ4v) is 3.78. The van der Waals surface area contributed by atoms with Crippen LogP contribution in [0.15, 0.2) is 29.3 Å². The van der Waals surface area contributed by atoms with Gasteiger partial charge in [0.1, 0.15) is 11.9 Å². The monoisotopic (exact) mass is 416 g/mol. The molecule has 7 nitrogen and oxygen atoms in total. The number of ether oxygens (including phenoxy) is 2. The van der Waals surface area contributed by atoms with Gasteiger partial charge < -0.3 is 24.6 Å². The van der Waals surface area contributed by atoms with Crippen molar-refractivity contribution in [1.82, 2.24) is 15.1 Å². The number of carbonyl (C=O) groups excluding carboxylic acids is 1. The number of benzene rings is 1. The van der Waals surface area contributed by atoms with Gasteiger partial charge in [-0.2, -0.15) is 0 Å². The van der Waals surface area contributed by atoms with Gasteiger partial charge in [0.05, 0.1) is 6.61 Å². The summed E-state index contributed by atoms with van der Waals surface area (Å²) in [5.41, 5.74) is 1.27. The van der Waals surface area contributed by atoms with Crippen molar-refractivity contribution in [2.24, 2.45) is 10.9 Å².